The number of hydrogen-bond donors (Lipinski definition) is 1. The van der Waals surface area contributed by atoms with Gasteiger partial charge in [0.2, 0.25) is 0 Å². The topological polar surface area (TPSA) is 61.0 Å². The zero-order valence-electron chi connectivity index (χ0n) is 10.0. The van der Waals surface area contributed by atoms with Gasteiger partial charge in [-0.3, -0.25) is 0 Å². The lowest BCUT2D eigenvalue weighted by atomic mass is 9.91. The van der Waals surface area contributed by atoms with Crippen LogP contribution in [0.3, 0.4) is 0 Å². The number of hydrogen-bond acceptors (Lipinski definition) is 4. The smallest absolute Gasteiger partial charge is 0.132 e. The van der Waals surface area contributed by atoms with E-state index in [2.05, 4.69) is 16.0 Å². The molecule has 0 unspecified atom stereocenters. The fourth-order valence-electron chi connectivity index (χ4n) is 2.39. The fourth-order valence-corrected chi connectivity index (χ4v) is 2.39. The van der Waals surface area contributed by atoms with Crippen LogP contribution in [0.4, 0.5) is 0 Å². The van der Waals surface area contributed by atoms with Crippen LogP contribution in [0.1, 0.15) is 17.9 Å². The molecule has 92 valence electrons. The standard InChI is InChI=1S/C14H15N3O/c15-8-10-5-7-18-14-11(10)2-1-3-12(14)13-4-6-16-9-17-13/h1-4,6,9-10H,5,7-8,15H2/t10-/m0/s1. The minimum atomic E-state index is 0.385. The van der Waals surface area contributed by atoms with Crippen molar-refractivity contribution in [2.75, 3.05) is 13.2 Å². The fraction of sp³-hybridized carbons (Fsp3) is 0.286. The molecule has 0 aliphatic carbocycles. The Morgan fingerprint density at radius 2 is 2.28 bits per heavy atom. The average Bonchev–Trinajstić information content (AvgIpc) is 2.47. The van der Waals surface area contributed by atoms with Gasteiger partial charge < -0.3 is 10.5 Å². The van der Waals surface area contributed by atoms with Crippen molar-refractivity contribution >= 4 is 0 Å². The molecule has 1 aromatic carbocycles. The maximum atomic E-state index is 5.83. The second-order valence-corrected chi connectivity index (χ2v) is 4.39. The molecule has 0 radical (unpaired) electrons. The van der Waals surface area contributed by atoms with Gasteiger partial charge in [-0.05, 0) is 30.7 Å². The van der Waals surface area contributed by atoms with E-state index >= 15 is 0 Å². The number of rotatable bonds is 2. The van der Waals surface area contributed by atoms with E-state index in [1.54, 1.807) is 12.5 Å². The Bertz CT molecular complexity index is 542. The molecular weight excluding hydrogens is 226 g/mol. The van der Waals surface area contributed by atoms with Crippen molar-refractivity contribution in [2.45, 2.75) is 12.3 Å². The third-order valence-corrected chi connectivity index (χ3v) is 3.34. The molecular formula is C14H15N3O. The second-order valence-electron chi connectivity index (χ2n) is 4.39. The number of fused-ring (bicyclic) bond motifs is 1. The zero-order valence-corrected chi connectivity index (χ0v) is 10.0. The maximum Gasteiger partial charge on any atom is 0.132 e. The van der Waals surface area contributed by atoms with Crippen LogP contribution in [-0.4, -0.2) is 23.1 Å². The summed E-state index contributed by atoms with van der Waals surface area (Å²) in [6.07, 6.45) is 4.28. The van der Waals surface area contributed by atoms with Crippen molar-refractivity contribution in [1.29, 1.82) is 0 Å². The highest BCUT2D eigenvalue weighted by atomic mass is 16.5. The first-order chi connectivity index (χ1) is 8.90. The zero-order chi connectivity index (χ0) is 12.4. The Balaban J connectivity index is 2.12. The molecule has 0 amide bonds. The van der Waals surface area contributed by atoms with Crippen LogP contribution in [-0.2, 0) is 0 Å². The Morgan fingerprint density at radius 3 is 3.06 bits per heavy atom. The van der Waals surface area contributed by atoms with Gasteiger partial charge in [0, 0.05) is 17.7 Å². The minimum absolute atomic E-state index is 0.385. The van der Waals surface area contributed by atoms with Crippen molar-refractivity contribution in [1.82, 2.24) is 9.97 Å². The molecule has 0 saturated carbocycles. The van der Waals surface area contributed by atoms with E-state index in [0.29, 0.717) is 12.5 Å². The van der Waals surface area contributed by atoms with E-state index in [1.165, 1.54) is 5.56 Å². The Hall–Kier alpha value is -1.94. The predicted octanol–water partition coefficient (Wildman–Crippen LogP) is 1.97. The molecule has 0 fully saturated rings. The van der Waals surface area contributed by atoms with Gasteiger partial charge in [-0.15, -0.1) is 0 Å². The summed E-state index contributed by atoms with van der Waals surface area (Å²) in [6, 6.07) is 8.05. The quantitative estimate of drug-likeness (QED) is 0.873. The molecule has 1 aromatic heterocycles. The number of benzene rings is 1. The van der Waals surface area contributed by atoms with E-state index in [0.717, 1.165) is 30.0 Å². The van der Waals surface area contributed by atoms with Gasteiger partial charge >= 0.3 is 0 Å². The summed E-state index contributed by atoms with van der Waals surface area (Å²) in [5, 5.41) is 0. The molecule has 1 aliphatic rings. The van der Waals surface area contributed by atoms with Gasteiger partial charge in [0.15, 0.2) is 0 Å². The third-order valence-electron chi connectivity index (χ3n) is 3.34. The van der Waals surface area contributed by atoms with Gasteiger partial charge in [-0.2, -0.15) is 0 Å². The van der Waals surface area contributed by atoms with Crippen LogP contribution in [0.2, 0.25) is 0 Å². The SMILES string of the molecule is NC[C@@H]1CCOc2c(-c3ccncn3)cccc21. The molecule has 2 N–H and O–H groups in total. The second kappa shape index (κ2) is 4.74. The summed E-state index contributed by atoms with van der Waals surface area (Å²) in [5.74, 6) is 1.31. The highest BCUT2D eigenvalue weighted by Gasteiger charge is 2.23. The van der Waals surface area contributed by atoms with Crippen molar-refractivity contribution < 1.29 is 4.74 Å². The minimum Gasteiger partial charge on any atom is -0.493 e. The van der Waals surface area contributed by atoms with E-state index < -0.39 is 0 Å². The molecule has 2 heterocycles. The lowest BCUT2D eigenvalue weighted by molar-refractivity contribution is 0.270. The average molecular weight is 241 g/mol. The Morgan fingerprint density at radius 1 is 1.33 bits per heavy atom. The maximum absolute atomic E-state index is 5.83. The van der Waals surface area contributed by atoms with Gasteiger partial charge in [-0.1, -0.05) is 12.1 Å². The van der Waals surface area contributed by atoms with Crippen molar-refractivity contribution in [3.05, 3.63) is 42.4 Å². The number of para-hydroxylation sites is 1. The number of nitrogens with zero attached hydrogens (tertiary/aromatic N) is 2. The summed E-state index contributed by atoms with van der Waals surface area (Å²) in [7, 11) is 0. The monoisotopic (exact) mass is 241 g/mol. The van der Waals surface area contributed by atoms with Crippen LogP contribution in [0.5, 0.6) is 5.75 Å². The first kappa shape index (κ1) is 11.2. The third kappa shape index (κ3) is 1.84. The van der Waals surface area contributed by atoms with Crippen LogP contribution >= 0.6 is 0 Å². The molecule has 4 heteroatoms. The Labute approximate surface area is 106 Å². The summed E-state index contributed by atoms with van der Waals surface area (Å²) >= 11 is 0. The molecule has 0 spiro atoms. The predicted molar refractivity (Wildman–Crippen MR) is 69.4 cm³/mol. The normalized spacial score (nSPS) is 17.9. The molecule has 4 nitrogen and oxygen atoms in total. The first-order valence-corrected chi connectivity index (χ1v) is 6.12. The molecule has 2 aromatic rings. The van der Waals surface area contributed by atoms with Gasteiger partial charge in [0.05, 0.1) is 12.3 Å². The number of nitrogens with two attached hydrogens (primary N) is 1. The van der Waals surface area contributed by atoms with E-state index in [-0.39, 0.29) is 0 Å². The van der Waals surface area contributed by atoms with Gasteiger partial charge in [0.1, 0.15) is 12.1 Å². The molecule has 0 bridgehead atoms. The largest absolute Gasteiger partial charge is 0.493 e. The van der Waals surface area contributed by atoms with Crippen LogP contribution in [0.15, 0.2) is 36.8 Å². The molecule has 0 saturated heterocycles. The highest BCUT2D eigenvalue weighted by molar-refractivity contribution is 5.69. The lowest BCUT2D eigenvalue weighted by Gasteiger charge is -2.26. The summed E-state index contributed by atoms with van der Waals surface area (Å²) in [4.78, 5) is 8.23. The Kier molecular flexibility index (Phi) is 2.94. The highest BCUT2D eigenvalue weighted by Crippen LogP contribution is 2.39. The van der Waals surface area contributed by atoms with Gasteiger partial charge in [-0.25, -0.2) is 9.97 Å². The summed E-state index contributed by atoms with van der Waals surface area (Å²) in [5.41, 5.74) is 8.93. The van der Waals surface area contributed by atoms with E-state index in [4.69, 9.17) is 10.5 Å². The number of aromatic nitrogens is 2. The van der Waals surface area contributed by atoms with Gasteiger partial charge in [0.25, 0.3) is 0 Å². The van der Waals surface area contributed by atoms with Crippen molar-refractivity contribution in [3.8, 4) is 17.0 Å². The van der Waals surface area contributed by atoms with Crippen LogP contribution < -0.4 is 10.5 Å². The van der Waals surface area contributed by atoms with E-state index in [9.17, 15) is 0 Å². The first-order valence-electron chi connectivity index (χ1n) is 6.12. The van der Waals surface area contributed by atoms with Crippen molar-refractivity contribution in [3.63, 3.8) is 0 Å². The van der Waals surface area contributed by atoms with Crippen LogP contribution in [0, 0.1) is 0 Å². The number of ether oxygens (including phenoxy) is 1. The summed E-state index contributed by atoms with van der Waals surface area (Å²) < 4.78 is 5.83. The van der Waals surface area contributed by atoms with Crippen molar-refractivity contribution in [2.24, 2.45) is 5.73 Å². The molecule has 3 rings (SSSR count). The summed E-state index contributed by atoms with van der Waals surface area (Å²) in [6.45, 7) is 1.38. The molecule has 1 atom stereocenters. The molecule has 1 aliphatic heterocycles. The molecule has 18 heavy (non-hydrogen) atoms. The van der Waals surface area contributed by atoms with Crippen LogP contribution in [0.25, 0.3) is 11.3 Å². The van der Waals surface area contributed by atoms with E-state index in [1.807, 2.05) is 18.2 Å². The lowest BCUT2D eigenvalue weighted by Crippen LogP contribution is -2.21.